The van der Waals surface area contributed by atoms with Gasteiger partial charge < -0.3 is 19.9 Å². The van der Waals surface area contributed by atoms with Gasteiger partial charge in [-0.3, -0.25) is 0 Å². The topological polar surface area (TPSA) is 79.5 Å². The van der Waals surface area contributed by atoms with E-state index in [1.54, 1.807) is 32.5 Å². The molecule has 106 valence electrons. The van der Waals surface area contributed by atoms with E-state index in [1.807, 2.05) is 13.0 Å². The second-order valence-electron chi connectivity index (χ2n) is 4.06. The van der Waals surface area contributed by atoms with Gasteiger partial charge in [0.2, 0.25) is 5.75 Å². The molecule has 1 aromatic carbocycles. The predicted molar refractivity (Wildman–Crippen MR) is 74.3 cm³/mol. The molecule has 0 aliphatic heterocycles. The van der Waals surface area contributed by atoms with Crippen molar-refractivity contribution in [2.45, 2.75) is 13.5 Å². The van der Waals surface area contributed by atoms with Crippen molar-refractivity contribution in [1.82, 2.24) is 9.97 Å². The van der Waals surface area contributed by atoms with Crippen LogP contribution in [0.4, 0.5) is 0 Å². The summed E-state index contributed by atoms with van der Waals surface area (Å²) in [5, 5.41) is 0. The van der Waals surface area contributed by atoms with Crippen LogP contribution < -0.4 is 19.9 Å². The summed E-state index contributed by atoms with van der Waals surface area (Å²) in [6.07, 6.45) is 1.65. The number of methoxy groups -OCH3 is 2. The largest absolute Gasteiger partial charge is 0.493 e. The van der Waals surface area contributed by atoms with Crippen LogP contribution >= 0.6 is 0 Å². The molecule has 6 nitrogen and oxygen atoms in total. The van der Waals surface area contributed by atoms with Gasteiger partial charge in [0.05, 0.1) is 14.2 Å². The molecule has 2 rings (SSSR count). The normalized spacial score (nSPS) is 10.2. The molecule has 0 bridgehead atoms. The molecule has 20 heavy (non-hydrogen) atoms. The Labute approximate surface area is 117 Å². The quantitative estimate of drug-likeness (QED) is 0.899. The molecule has 0 spiro atoms. The summed E-state index contributed by atoms with van der Waals surface area (Å²) in [5.41, 5.74) is 7.25. The summed E-state index contributed by atoms with van der Waals surface area (Å²) < 4.78 is 16.2. The van der Waals surface area contributed by atoms with E-state index in [0.29, 0.717) is 23.8 Å². The molecular weight excluding hydrogens is 258 g/mol. The van der Waals surface area contributed by atoms with Crippen LogP contribution in [-0.2, 0) is 6.54 Å². The van der Waals surface area contributed by atoms with Gasteiger partial charge in [-0.2, -0.15) is 4.98 Å². The Bertz CT molecular complexity index is 580. The van der Waals surface area contributed by atoms with Gasteiger partial charge in [0.15, 0.2) is 11.5 Å². The maximum Gasteiger partial charge on any atom is 0.322 e. The van der Waals surface area contributed by atoms with Crippen molar-refractivity contribution in [3.05, 3.63) is 35.7 Å². The van der Waals surface area contributed by atoms with Crippen molar-refractivity contribution >= 4 is 0 Å². The summed E-state index contributed by atoms with van der Waals surface area (Å²) in [6, 6.07) is 5.59. The van der Waals surface area contributed by atoms with Gasteiger partial charge in [0.1, 0.15) is 0 Å². The fourth-order valence-electron chi connectivity index (χ4n) is 1.73. The highest BCUT2D eigenvalue weighted by molar-refractivity contribution is 5.52. The Morgan fingerprint density at radius 2 is 1.80 bits per heavy atom. The Balaban J connectivity index is 2.36. The smallest absolute Gasteiger partial charge is 0.322 e. The summed E-state index contributed by atoms with van der Waals surface area (Å²) in [6.45, 7) is 2.25. The number of hydrogen-bond donors (Lipinski definition) is 1. The standard InChI is InChI=1S/C14H17N3O3/c1-9-10(7-15)8-16-14(17-9)20-13-11(18-2)5-4-6-12(13)19-3/h4-6,8H,7,15H2,1-3H3. The number of rotatable bonds is 5. The molecule has 0 atom stereocenters. The Morgan fingerprint density at radius 1 is 1.15 bits per heavy atom. The van der Waals surface area contributed by atoms with Crippen LogP contribution in [0, 0.1) is 6.92 Å². The SMILES string of the molecule is COc1cccc(OC)c1Oc1ncc(CN)c(C)n1. The summed E-state index contributed by atoms with van der Waals surface area (Å²) in [4.78, 5) is 8.40. The fourth-order valence-corrected chi connectivity index (χ4v) is 1.73. The second kappa shape index (κ2) is 6.21. The number of hydrogen-bond acceptors (Lipinski definition) is 6. The van der Waals surface area contributed by atoms with E-state index >= 15 is 0 Å². The van der Waals surface area contributed by atoms with Crippen LogP contribution in [-0.4, -0.2) is 24.2 Å². The van der Waals surface area contributed by atoms with Crippen molar-refractivity contribution in [2.24, 2.45) is 5.73 Å². The molecule has 0 radical (unpaired) electrons. The number of para-hydroxylation sites is 1. The minimum absolute atomic E-state index is 0.225. The van der Waals surface area contributed by atoms with Gasteiger partial charge >= 0.3 is 6.01 Å². The van der Waals surface area contributed by atoms with E-state index in [-0.39, 0.29) is 6.01 Å². The summed E-state index contributed by atoms with van der Waals surface area (Å²) in [5.74, 6) is 1.54. The highest BCUT2D eigenvalue weighted by Crippen LogP contribution is 2.38. The number of nitrogens with two attached hydrogens (primary N) is 1. The maximum atomic E-state index is 5.69. The molecule has 0 amide bonds. The van der Waals surface area contributed by atoms with Crippen LogP contribution in [0.25, 0.3) is 0 Å². The monoisotopic (exact) mass is 275 g/mol. The molecule has 0 aliphatic rings. The van der Waals surface area contributed by atoms with Gasteiger partial charge in [0.25, 0.3) is 0 Å². The lowest BCUT2D eigenvalue weighted by Crippen LogP contribution is -2.04. The first kappa shape index (κ1) is 14.1. The van der Waals surface area contributed by atoms with E-state index in [9.17, 15) is 0 Å². The van der Waals surface area contributed by atoms with Crippen LogP contribution in [0.15, 0.2) is 24.4 Å². The molecule has 0 saturated carbocycles. The molecule has 0 fully saturated rings. The lowest BCUT2D eigenvalue weighted by molar-refractivity contribution is 0.336. The van der Waals surface area contributed by atoms with E-state index in [0.717, 1.165) is 11.3 Å². The highest BCUT2D eigenvalue weighted by atomic mass is 16.5. The molecule has 2 aromatic rings. The minimum Gasteiger partial charge on any atom is -0.493 e. The zero-order valence-electron chi connectivity index (χ0n) is 11.7. The maximum absolute atomic E-state index is 5.69. The zero-order chi connectivity index (χ0) is 14.5. The average molecular weight is 275 g/mol. The second-order valence-corrected chi connectivity index (χ2v) is 4.06. The third-order valence-electron chi connectivity index (χ3n) is 2.85. The number of aromatic nitrogens is 2. The fraction of sp³-hybridized carbons (Fsp3) is 0.286. The van der Waals surface area contributed by atoms with E-state index in [1.165, 1.54) is 0 Å². The highest BCUT2D eigenvalue weighted by Gasteiger charge is 2.14. The minimum atomic E-state index is 0.225. The van der Waals surface area contributed by atoms with Crippen LogP contribution in [0.1, 0.15) is 11.3 Å². The third kappa shape index (κ3) is 2.80. The van der Waals surface area contributed by atoms with Gasteiger partial charge in [0, 0.05) is 24.0 Å². The molecule has 6 heteroatoms. The van der Waals surface area contributed by atoms with Crippen molar-refractivity contribution in [3.63, 3.8) is 0 Å². The van der Waals surface area contributed by atoms with E-state index < -0.39 is 0 Å². The van der Waals surface area contributed by atoms with Gasteiger partial charge in [-0.1, -0.05) is 6.07 Å². The summed E-state index contributed by atoms with van der Waals surface area (Å²) >= 11 is 0. The van der Waals surface area contributed by atoms with Crippen molar-refractivity contribution in [1.29, 1.82) is 0 Å². The predicted octanol–water partition coefficient (Wildman–Crippen LogP) is 2.05. The summed E-state index contributed by atoms with van der Waals surface area (Å²) in [7, 11) is 3.12. The number of nitrogens with zero attached hydrogens (tertiary/aromatic N) is 2. The van der Waals surface area contributed by atoms with Crippen LogP contribution in [0.2, 0.25) is 0 Å². The van der Waals surface area contributed by atoms with E-state index in [4.69, 9.17) is 19.9 Å². The molecule has 1 aromatic heterocycles. The molecule has 0 saturated heterocycles. The Kier molecular flexibility index (Phi) is 4.37. The number of benzene rings is 1. The van der Waals surface area contributed by atoms with Crippen LogP contribution in [0.5, 0.6) is 23.3 Å². The van der Waals surface area contributed by atoms with Crippen LogP contribution in [0.3, 0.4) is 0 Å². The van der Waals surface area contributed by atoms with Crippen molar-refractivity contribution in [3.8, 4) is 23.3 Å². The number of aryl methyl sites for hydroxylation is 1. The molecular formula is C14H17N3O3. The van der Waals surface area contributed by atoms with Gasteiger partial charge in [-0.25, -0.2) is 4.98 Å². The van der Waals surface area contributed by atoms with Gasteiger partial charge in [-0.05, 0) is 19.1 Å². The van der Waals surface area contributed by atoms with E-state index in [2.05, 4.69) is 9.97 Å². The first-order valence-corrected chi connectivity index (χ1v) is 6.11. The van der Waals surface area contributed by atoms with Gasteiger partial charge in [-0.15, -0.1) is 0 Å². The molecule has 0 aliphatic carbocycles. The molecule has 1 heterocycles. The Morgan fingerprint density at radius 3 is 2.30 bits per heavy atom. The van der Waals surface area contributed by atoms with Crippen molar-refractivity contribution < 1.29 is 14.2 Å². The zero-order valence-corrected chi connectivity index (χ0v) is 11.7. The molecule has 0 unspecified atom stereocenters. The first-order valence-electron chi connectivity index (χ1n) is 6.11. The lowest BCUT2D eigenvalue weighted by atomic mass is 10.2. The first-order chi connectivity index (χ1) is 9.69. The molecule has 2 N–H and O–H groups in total. The van der Waals surface area contributed by atoms with Crippen molar-refractivity contribution in [2.75, 3.05) is 14.2 Å². The third-order valence-corrected chi connectivity index (χ3v) is 2.85. The average Bonchev–Trinajstić information content (AvgIpc) is 2.47. The Hall–Kier alpha value is -2.34. The number of ether oxygens (including phenoxy) is 3. The lowest BCUT2D eigenvalue weighted by Gasteiger charge is -2.13.